The van der Waals surface area contributed by atoms with E-state index in [4.69, 9.17) is 11.6 Å². The van der Waals surface area contributed by atoms with Crippen LogP contribution in [0.5, 0.6) is 0 Å². The van der Waals surface area contributed by atoms with Gasteiger partial charge in [-0.05, 0) is 20.8 Å². The third-order valence-corrected chi connectivity index (χ3v) is 3.26. The maximum absolute atomic E-state index is 11.9. The van der Waals surface area contributed by atoms with E-state index in [-0.39, 0.29) is 11.6 Å². The van der Waals surface area contributed by atoms with Crippen molar-refractivity contribution in [2.24, 2.45) is 0 Å². The van der Waals surface area contributed by atoms with Crippen molar-refractivity contribution in [1.82, 2.24) is 25.7 Å². The molecule has 2 aromatic heterocycles. The predicted octanol–water partition coefficient (Wildman–Crippen LogP) is 1.64. The van der Waals surface area contributed by atoms with Gasteiger partial charge in [0.25, 0.3) is 5.91 Å². The Morgan fingerprint density at radius 2 is 1.89 bits per heavy atom. The maximum Gasteiger partial charge on any atom is 0.273 e. The summed E-state index contributed by atoms with van der Waals surface area (Å²) in [5.74, 6) is -0.302. The molecule has 1 amide bonds. The lowest BCUT2D eigenvalue weighted by Gasteiger charge is -2.03. The molecule has 0 fully saturated rings. The van der Waals surface area contributed by atoms with E-state index in [0.29, 0.717) is 17.3 Å². The first kappa shape index (κ1) is 12.6. The van der Waals surface area contributed by atoms with Crippen molar-refractivity contribution < 1.29 is 4.79 Å². The van der Waals surface area contributed by atoms with Crippen LogP contribution in [0.3, 0.4) is 0 Å². The number of hydrogen-bond acceptors (Lipinski definition) is 3. The minimum absolute atomic E-state index is 0.216. The van der Waals surface area contributed by atoms with Crippen LogP contribution in [0.1, 0.15) is 33.1 Å². The van der Waals surface area contributed by atoms with Crippen LogP contribution in [0.15, 0.2) is 0 Å². The standard InChI is InChI=1S/C11H14ClN5O/c1-5-8(6(2)15-14-5)4-13-11(18)10-9(12)7(3)16-17-10/h4H2,1-3H3,(H,13,18)(H,14,15)(H,16,17). The summed E-state index contributed by atoms with van der Waals surface area (Å²) in [5.41, 5.74) is 3.69. The Balaban J connectivity index is 2.07. The van der Waals surface area contributed by atoms with E-state index in [1.54, 1.807) is 6.92 Å². The lowest BCUT2D eigenvalue weighted by Crippen LogP contribution is -2.24. The smallest absolute Gasteiger partial charge is 0.273 e. The van der Waals surface area contributed by atoms with E-state index in [2.05, 4.69) is 25.7 Å². The Hall–Kier alpha value is -1.82. The zero-order valence-corrected chi connectivity index (χ0v) is 11.1. The number of nitrogens with zero attached hydrogens (tertiary/aromatic N) is 2. The molecule has 2 aromatic rings. The summed E-state index contributed by atoms with van der Waals surface area (Å²) in [5, 5.41) is 16.6. The van der Waals surface area contributed by atoms with E-state index in [1.165, 1.54) is 0 Å². The molecular weight excluding hydrogens is 254 g/mol. The molecule has 0 saturated heterocycles. The highest BCUT2D eigenvalue weighted by Crippen LogP contribution is 2.17. The predicted molar refractivity (Wildman–Crippen MR) is 67.6 cm³/mol. The van der Waals surface area contributed by atoms with Gasteiger partial charge in [0, 0.05) is 17.8 Å². The maximum atomic E-state index is 11.9. The van der Waals surface area contributed by atoms with Gasteiger partial charge in [0.15, 0.2) is 5.69 Å². The van der Waals surface area contributed by atoms with Crippen molar-refractivity contribution in [3.05, 3.63) is 33.4 Å². The minimum Gasteiger partial charge on any atom is -0.346 e. The fourth-order valence-corrected chi connectivity index (χ4v) is 1.82. The zero-order valence-electron chi connectivity index (χ0n) is 10.4. The molecule has 0 atom stereocenters. The van der Waals surface area contributed by atoms with Gasteiger partial charge >= 0.3 is 0 Å². The highest BCUT2D eigenvalue weighted by Gasteiger charge is 2.16. The van der Waals surface area contributed by atoms with Crippen molar-refractivity contribution >= 4 is 17.5 Å². The molecule has 3 N–H and O–H groups in total. The van der Waals surface area contributed by atoms with E-state index in [0.717, 1.165) is 17.0 Å². The summed E-state index contributed by atoms with van der Waals surface area (Å²) in [6.07, 6.45) is 0. The molecule has 6 nitrogen and oxygen atoms in total. The summed E-state index contributed by atoms with van der Waals surface area (Å²) in [6, 6.07) is 0. The van der Waals surface area contributed by atoms with Gasteiger partial charge in [-0.1, -0.05) is 11.6 Å². The SMILES string of the molecule is Cc1n[nH]c(C)c1CNC(=O)c1n[nH]c(C)c1Cl. The number of rotatable bonds is 3. The Morgan fingerprint density at radius 1 is 1.22 bits per heavy atom. The van der Waals surface area contributed by atoms with Crippen LogP contribution in [-0.2, 0) is 6.54 Å². The van der Waals surface area contributed by atoms with Gasteiger partial charge in [-0.25, -0.2) is 0 Å². The largest absolute Gasteiger partial charge is 0.346 e. The second kappa shape index (κ2) is 4.81. The molecule has 2 heterocycles. The quantitative estimate of drug-likeness (QED) is 0.790. The average Bonchev–Trinajstić information content (AvgIpc) is 2.82. The molecule has 18 heavy (non-hydrogen) atoms. The van der Waals surface area contributed by atoms with Crippen molar-refractivity contribution in [3.63, 3.8) is 0 Å². The number of aryl methyl sites for hydroxylation is 3. The number of H-pyrrole nitrogens is 2. The summed E-state index contributed by atoms with van der Waals surface area (Å²) in [7, 11) is 0. The van der Waals surface area contributed by atoms with Crippen molar-refractivity contribution in [1.29, 1.82) is 0 Å². The molecule has 0 aliphatic rings. The van der Waals surface area contributed by atoms with Crippen LogP contribution < -0.4 is 5.32 Å². The van der Waals surface area contributed by atoms with Crippen LogP contribution in [0.4, 0.5) is 0 Å². The Labute approximate surface area is 109 Å². The van der Waals surface area contributed by atoms with Crippen LogP contribution in [0, 0.1) is 20.8 Å². The van der Waals surface area contributed by atoms with Crippen LogP contribution in [-0.4, -0.2) is 26.3 Å². The molecule has 96 valence electrons. The second-order valence-electron chi connectivity index (χ2n) is 4.11. The van der Waals surface area contributed by atoms with Gasteiger partial charge in [0.2, 0.25) is 0 Å². The van der Waals surface area contributed by atoms with E-state index < -0.39 is 0 Å². The molecule has 0 radical (unpaired) electrons. The minimum atomic E-state index is -0.302. The number of amides is 1. The molecular formula is C11H14ClN5O. The Kier molecular flexibility index (Phi) is 3.38. The summed E-state index contributed by atoms with van der Waals surface area (Å²) < 4.78 is 0. The van der Waals surface area contributed by atoms with Crippen LogP contribution in [0.25, 0.3) is 0 Å². The molecule has 0 aliphatic heterocycles. The number of hydrogen-bond donors (Lipinski definition) is 3. The van der Waals surface area contributed by atoms with Crippen molar-refractivity contribution in [2.75, 3.05) is 0 Å². The van der Waals surface area contributed by atoms with Crippen LogP contribution in [0.2, 0.25) is 5.02 Å². The summed E-state index contributed by atoms with van der Waals surface area (Å²) in [6.45, 7) is 5.95. The third-order valence-electron chi connectivity index (χ3n) is 2.79. The summed E-state index contributed by atoms with van der Waals surface area (Å²) in [4.78, 5) is 11.9. The fourth-order valence-electron chi connectivity index (χ4n) is 1.65. The number of carbonyl (C=O) groups is 1. The molecule has 0 aliphatic carbocycles. The molecule has 0 unspecified atom stereocenters. The highest BCUT2D eigenvalue weighted by molar-refractivity contribution is 6.34. The Morgan fingerprint density at radius 3 is 2.39 bits per heavy atom. The molecule has 0 saturated carbocycles. The van der Waals surface area contributed by atoms with Gasteiger partial charge < -0.3 is 5.32 Å². The normalized spacial score (nSPS) is 10.7. The number of halogens is 1. The average molecular weight is 268 g/mol. The number of aromatic amines is 2. The molecule has 0 spiro atoms. The first-order valence-corrected chi connectivity index (χ1v) is 5.87. The van der Waals surface area contributed by atoms with E-state index in [1.807, 2.05) is 13.8 Å². The fraction of sp³-hybridized carbons (Fsp3) is 0.364. The van der Waals surface area contributed by atoms with Gasteiger partial charge in [-0.3, -0.25) is 15.0 Å². The monoisotopic (exact) mass is 267 g/mol. The first-order valence-electron chi connectivity index (χ1n) is 5.49. The highest BCUT2D eigenvalue weighted by atomic mass is 35.5. The van der Waals surface area contributed by atoms with Crippen LogP contribution >= 0.6 is 11.6 Å². The Bertz CT molecular complexity index is 567. The lowest BCUT2D eigenvalue weighted by atomic mass is 10.2. The molecule has 0 bridgehead atoms. The number of nitrogens with one attached hydrogen (secondary N) is 3. The molecule has 2 rings (SSSR count). The first-order chi connectivity index (χ1) is 8.50. The molecule has 0 aromatic carbocycles. The number of aromatic nitrogens is 4. The van der Waals surface area contributed by atoms with Gasteiger partial charge in [-0.15, -0.1) is 0 Å². The van der Waals surface area contributed by atoms with Gasteiger partial charge in [-0.2, -0.15) is 10.2 Å². The van der Waals surface area contributed by atoms with E-state index >= 15 is 0 Å². The molecule has 7 heteroatoms. The topological polar surface area (TPSA) is 86.5 Å². The summed E-state index contributed by atoms with van der Waals surface area (Å²) >= 11 is 5.95. The second-order valence-corrected chi connectivity index (χ2v) is 4.48. The van der Waals surface area contributed by atoms with Gasteiger partial charge in [0.1, 0.15) is 0 Å². The lowest BCUT2D eigenvalue weighted by molar-refractivity contribution is 0.0946. The van der Waals surface area contributed by atoms with Gasteiger partial charge in [0.05, 0.1) is 16.4 Å². The zero-order chi connectivity index (χ0) is 13.3. The van der Waals surface area contributed by atoms with Crippen molar-refractivity contribution in [3.8, 4) is 0 Å². The van der Waals surface area contributed by atoms with E-state index in [9.17, 15) is 4.79 Å². The third kappa shape index (κ3) is 2.24. The van der Waals surface area contributed by atoms with Crippen molar-refractivity contribution in [2.45, 2.75) is 27.3 Å². The number of carbonyl (C=O) groups excluding carboxylic acids is 1.